The van der Waals surface area contributed by atoms with Gasteiger partial charge >= 0.3 is 11.9 Å². The van der Waals surface area contributed by atoms with E-state index in [0.29, 0.717) is 29.1 Å². The molecule has 2 bridgehead atoms. The largest absolute Gasteiger partial charge is 0.496 e. The Labute approximate surface area is 301 Å². The zero-order valence-electron chi connectivity index (χ0n) is 31.6. The molecule has 6 rings (SSSR count). The van der Waals surface area contributed by atoms with E-state index in [4.69, 9.17) is 19.0 Å². The van der Waals surface area contributed by atoms with Crippen LogP contribution in [0.2, 0.25) is 0 Å². The number of rotatable bonds is 12. The third kappa shape index (κ3) is 7.72. The highest BCUT2D eigenvalue weighted by Gasteiger charge is 2.58. The second-order valence-electron chi connectivity index (χ2n) is 15.2. The van der Waals surface area contributed by atoms with Crippen LogP contribution in [0.5, 0.6) is 5.75 Å². The summed E-state index contributed by atoms with van der Waals surface area (Å²) in [5.74, 6) is -0.171. The fourth-order valence-corrected chi connectivity index (χ4v) is 8.64. The number of ether oxygens (including phenoxy) is 3. The number of hydrogen-bond acceptors (Lipinski definition) is 10. The number of fused-ring (bicyclic) bond motifs is 2. The van der Waals surface area contributed by atoms with Gasteiger partial charge < -0.3 is 29.7 Å². The Morgan fingerprint density at radius 3 is 2.39 bits per heavy atom. The van der Waals surface area contributed by atoms with Crippen LogP contribution in [-0.4, -0.2) is 88.0 Å². The van der Waals surface area contributed by atoms with Crippen molar-refractivity contribution in [3.8, 4) is 16.9 Å². The molecule has 0 spiro atoms. The average molecular weight is 707 g/mol. The van der Waals surface area contributed by atoms with E-state index in [0.717, 1.165) is 28.8 Å². The summed E-state index contributed by atoms with van der Waals surface area (Å²) in [6, 6.07) is 10.5. The van der Waals surface area contributed by atoms with Crippen LogP contribution in [0.15, 0.2) is 36.4 Å². The number of benzene rings is 2. The predicted molar refractivity (Wildman–Crippen MR) is 193 cm³/mol. The van der Waals surface area contributed by atoms with Crippen LogP contribution in [-0.2, 0) is 35.2 Å². The number of anilines is 1. The Bertz CT molecular complexity index is 1640. The van der Waals surface area contributed by atoms with Gasteiger partial charge in [0.15, 0.2) is 0 Å². The molecule has 2 N–H and O–H groups in total. The quantitative estimate of drug-likeness (QED) is 0.302. The molecule has 278 valence electrons. The first-order valence-electron chi connectivity index (χ1n) is 17.8. The molecule has 3 saturated carbocycles. The molecule has 2 aromatic rings. The molecule has 8 atom stereocenters. The highest BCUT2D eigenvalue weighted by molar-refractivity contribution is 5.97. The third-order valence-electron chi connectivity index (χ3n) is 11.5. The fourth-order valence-electron chi connectivity index (χ4n) is 8.64. The lowest BCUT2D eigenvalue weighted by Crippen LogP contribution is -2.62. The Morgan fingerprint density at radius 2 is 1.80 bits per heavy atom. The number of carbonyl (C=O) groups is 4. The Morgan fingerprint density at radius 1 is 1.08 bits per heavy atom. The molecule has 2 amide bonds. The number of para-hydroxylation sites is 1. The number of hydroxylamine groups is 2. The van der Waals surface area contributed by atoms with Gasteiger partial charge in [-0.1, -0.05) is 39.0 Å². The standard InChI is InChI=1S/C39H54N4O8/c1-21-31-17-28(39(31,5)6)18-32(21)41-38(47)35-34(22(2)50-24(4)45)33(20-49-23(3)44)51-43(35)19-25-12-11-13-30(36(25)48-10)26-14-27(37(46)40-7)16-29(15-26)42(8)9/h11-16,21-22,28,31-35H,17-20H2,1-10H3,(H,40,46)(H,41,47)/t21-,22-,28+,31-,32-,33-,34+,35-/m0/s1. The summed E-state index contributed by atoms with van der Waals surface area (Å²) in [6.45, 7) is 11.2. The van der Waals surface area contributed by atoms with Crippen LogP contribution < -0.4 is 20.3 Å². The van der Waals surface area contributed by atoms with Crippen molar-refractivity contribution in [2.45, 2.75) is 85.2 Å². The second kappa shape index (κ2) is 15.2. The maximum absolute atomic E-state index is 14.5. The molecule has 0 unspecified atom stereocenters. The van der Waals surface area contributed by atoms with Gasteiger partial charge in [0, 0.05) is 63.4 Å². The Balaban J connectivity index is 1.53. The van der Waals surface area contributed by atoms with Gasteiger partial charge in [0.25, 0.3) is 5.91 Å². The SMILES string of the molecule is CNC(=O)c1cc(-c2cccc(CN3O[C@@H](COC(C)=O)[C@@H]([C@H](C)OC(C)=O)[C@H]3C(=O)N[C@H]3C[C@H]4C[C@@H]([C@@H]3C)C4(C)C)c2OC)cc(N(C)C)c1. The highest BCUT2D eigenvalue weighted by atomic mass is 16.7. The van der Waals surface area contributed by atoms with Crippen molar-refractivity contribution in [3.63, 3.8) is 0 Å². The van der Waals surface area contributed by atoms with Gasteiger partial charge in [0.1, 0.15) is 30.6 Å². The normalized spacial score (nSPS) is 27.1. The lowest BCUT2D eigenvalue weighted by molar-refractivity contribution is -0.189. The Hall–Kier alpha value is -4.16. The van der Waals surface area contributed by atoms with Gasteiger partial charge in [-0.25, -0.2) is 0 Å². The first kappa shape index (κ1) is 38.1. The summed E-state index contributed by atoms with van der Waals surface area (Å²) in [7, 11) is 7.00. The molecular weight excluding hydrogens is 652 g/mol. The van der Waals surface area contributed by atoms with E-state index >= 15 is 0 Å². The van der Waals surface area contributed by atoms with Gasteiger partial charge in [-0.05, 0) is 66.7 Å². The maximum Gasteiger partial charge on any atom is 0.302 e. The van der Waals surface area contributed by atoms with Crippen LogP contribution in [0.4, 0.5) is 5.69 Å². The first-order chi connectivity index (χ1) is 24.1. The van der Waals surface area contributed by atoms with Crippen molar-refractivity contribution in [1.82, 2.24) is 15.7 Å². The molecule has 1 aliphatic heterocycles. The topological polar surface area (TPSA) is 136 Å². The first-order valence-corrected chi connectivity index (χ1v) is 17.8. The molecule has 3 aliphatic carbocycles. The van der Waals surface area contributed by atoms with Gasteiger partial charge in [0.05, 0.1) is 19.6 Å². The summed E-state index contributed by atoms with van der Waals surface area (Å²) in [5.41, 5.74) is 3.84. The molecule has 12 nitrogen and oxygen atoms in total. The number of amides is 2. The van der Waals surface area contributed by atoms with E-state index in [2.05, 4.69) is 31.4 Å². The molecular formula is C39H54N4O8. The lowest BCUT2D eigenvalue weighted by atomic mass is 9.45. The molecule has 4 aliphatic rings. The molecule has 1 heterocycles. The van der Waals surface area contributed by atoms with Gasteiger partial charge in [-0.15, -0.1) is 0 Å². The van der Waals surface area contributed by atoms with E-state index in [1.54, 1.807) is 26.1 Å². The summed E-state index contributed by atoms with van der Waals surface area (Å²) >= 11 is 0. The van der Waals surface area contributed by atoms with Crippen molar-refractivity contribution >= 4 is 29.4 Å². The molecule has 12 heteroatoms. The zero-order valence-corrected chi connectivity index (χ0v) is 31.6. The van der Waals surface area contributed by atoms with E-state index < -0.39 is 36.1 Å². The van der Waals surface area contributed by atoms with Crippen molar-refractivity contribution in [1.29, 1.82) is 0 Å². The smallest absolute Gasteiger partial charge is 0.302 e. The maximum atomic E-state index is 14.5. The second-order valence-corrected chi connectivity index (χ2v) is 15.2. The number of carbonyl (C=O) groups excluding carboxylic acids is 4. The Kier molecular flexibility index (Phi) is 11.4. The van der Waals surface area contributed by atoms with Crippen LogP contribution in [0.25, 0.3) is 11.1 Å². The number of nitrogens with zero attached hydrogens (tertiary/aromatic N) is 2. The lowest BCUT2D eigenvalue weighted by Gasteiger charge is -2.62. The molecule has 0 radical (unpaired) electrons. The van der Waals surface area contributed by atoms with Crippen molar-refractivity contribution in [2.24, 2.45) is 29.1 Å². The minimum atomic E-state index is -0.886. The number of esters is 2. The average Bonchev–Trinajstić information content (AvgIpc) is 3.44. The highest BCUT2D eigenvalue weighted by Crippen LogP contribution is 2.61. The minimum absolute atomic E-state index is 0.00956. The van der Waals surface area contributed by atoms with Gasteiger partial charge in [0.2, 0.25) is 5.91 Å². The summed E-state index contributed by atoms with van der Waals surface area (Å²) in [4.78, 5) is 59.8. The van der Waals surface area contributed by atoms with Crippen LogP contribution >= 0.6 is 0 Å². The summed E-state index contributed by atoms with van der Waals surface area (Å²) in [6.07, 6.45) is 0.570. The molecule has 1 saturated heterocycles. The fraction of sp³-hybridized carbons (Fsp3) is 0.590. The number of hydrogen-bond donors (Lipinski definition) is 2. The van der Waals surface area contributed by atoms with Crippen molar-refractivity contribution < 1.29 is 38.2 Å². The minimum Gasteiger partial charge on any atom is -0.496 e. The van der Waals surface area contributed by atoms with Crippen molar-refractivity contribution in [3.05, 3.63) is 47.5 Å². The zero-order chi connectivity index (χ0) is 37.4. The van der Waals surface area contributed by atoms with E-state index in [1.807, 2.05) is 55.4 Å². The third-order valence-corrected chi connectivity index (χ3v) is 11.5. The molecule has 2 aromatic carbocycles. The van der Waals surface area contributed by atoms with E-state index in [9.17, 15) is 19.2 Å². The van der Waals surface area contributed by atoms with E-state index in [1.165, 1.54) is 20.3 Å². The van der Waals surface area contributed by atoms with Gasteiger partial charge in [-0.3, -0.25) is 24.0 Å². The molecule has 4 fully saturated rings. The van der Waals surface area contributed by atoms with Gasteiger partial charge in [-0.2, -0.15) is 5.06 Å². The monoisotopic (exact) mass is 706 g/mol. The van der Waals surface area contributed by atoms with E-state index in [-0.39, 0.29) is 36.4 Å². The predicted octanol–water partition coefficient (Wildman–Crippen LogP) is 4.59. The van der Waals surface area contributed by atoms with Crippen LogP contribution in [0.1, 0.15) is 70.3 Å². The number of nitrogens with one attached hydrogen (secondary N) is 2. The summed E-state index contributed by atoms with van der Waals surface area (Å²) in [5, 5.41) is 7.69. The van der Waals surface area contributed by atoms with Crippen LogP contribution in [0.3, 0.4) is 0 Å². The number of methoxy groups -OCH3 is 1. The van der Waals surface area contributed by atoms with Crippen LogP contribution in [0, 0.1) is 29.1 Å². The molecule has 51 heavy (non-hydrogen) atoms. The molecule has 0 aromatic heterocycles. The summed E-state index contributed by atoms with van der Waals surface area (Å²) < 4.78 is 17.1. The van der Waals surface area contributed by atoms with Crippen molar-refractivity contribution in [2.75, 3.05) is 39.8 Å².